The van der Waals surface area contributed by atoms with Crippen LogP contribution >= 0.6 is 0 Å². The molecular formula is C25H40O4. The number of carbonyl (C=O) groups is 2. The van der Waals surface area contributed by atoms with Gasteiger partial charge < -0.3 is 9.47 Å². The van der Waals surface area contributed by atoms with E-state index in [0.29, 0.717) is 24.2 Å². The molecule has 0 saturated heterocycles. The highest BCUT2D eigenvalue weighted by atomic mass is 16.6. The van der Waals surface area contributed by atoms with Crippen LogP contribution in [0, 0.1) is 0 Å². The lowest BCUT2D eigenvalue weighted by Gasteiger charge is -2.17. The number of rotatable bonds is 17. The summed E-state index contributed by atoms with van der Waals surface area (Å²) in [5.74, 6) is 0.432. The molecule has 1 aromatic rings. The van der Waals surface area contributed by atoms with Crippen molar-refractivity contribution in [2.45, 2.75) is 103 Å². The number of esters is 1. The minimum atomic E-state index is -0.591. The van der Waals surface area contributed by atoms with Crippen LogP contribution in [0.15, 0.2) is 24.3 Å². The van der Waals surface area contributed by atoms with Crippen molar-refractivity contribution in [2.75, 3.05) is 7.11 Å². The summed E-state index contributed by atoms with van der Waals surface area (Å²) in [6, 6.07) is 7.15. The van der Waals surface area contributed by atoms with Gasteiger partial charge in [-0.2, -0.15) is 0 Å². The molecule has 164 valence electrons. The molecule has 0 saturated carbocycles. The van der Waals surface area contributed by atoms with Crippen LogP contribution in [0.1, 0.15) is 108 Å². The summed E-state index contributed by atoms with van der Waals surface area (Å²) < 4.78 is 10.8. The molecule has 0 fully saturated rings. The van der Waals surface area contributed by atoms with Gasteiger partial charge in [-0.3, -0.25) is 4.79 Å². The van der Waals surface area contributed by atoms with E-state index in [0.717, 1.165) is 25.7 Å². The maximum absolute atomic E-state index is 12.3. The van der Waals surface area contributed by atoms with Crippen molar-refractivity contribution in [3.8, 4) is 5.75 Å². The molecule has 0 amide bonds. The van der Waals surface area contributed by atoms with Gasteiger partial charge in [-0.15, -0.1) is 0 Å². The molecule has 4 heteroatoms. The number of ketones is 1. The molecule has 1 unspecified atom stereocenters. The van der Waals surface area contributed by atoms with Crippen LogP contribution in [0.3, 0.4) is 0 Å². The van der Waals surface area contributed by atoms with Crippen molar-refractivity contribution in [2.24, 2.45) is 0 Å². The molecule has 0 spiro atoms. The first-order valence-electron chi connectivity index (χ1n) is 11.5. The minimum Gasteiger partial charge on any atom is -0.479 e. The number of ether oxygens (including phenoxy) is 2. The first kappa shape index (κ1) is 25.2. The van der Waals surface area contributed by atoms with Gasteiger partial charge in [0.25, 0.3) is 0 Å². The number of benzene rings is 1. The molecule has 0 aliphatic carbocycles. The summed E-state index contributed by atoms with van der Waals surface area (Å²) in [5, 5.41) is 0. The standard InChI is InChI=1S/C25H40O4/c1-4-6-8-10-12-14-16-24(25(27)28-3)29-22-19-17-21(18-20-22)23(26)15-13-11-9-7-5-2/h17-20,24H,4-16H2,1-3H3. The van der Waals surface area contributed by atoms with E-state index in [1.54, 1.807) is 24.3 Å². The Hall–Kier alpha value is -1.84. The molecule has 1 atom stereocenters. The Balaban J connectivity index is 2.47. The molecule has 0 heterocycles. The second-order valence-corrected chi connectivity index (χ2v) is 7.80. The zero-order valence-electron chi connectivity index (χ0n) is 18.7. The Labute approximate surface area is 177 Å². The lowest BCUT2D eigenvalue weighted by atomic mass is 10.0. The first-order valence-corrected chi connectivity index (χ1v) is 11.5. The van der Waals surface area contributed by atoms with Crippen LogP contribution in [0.2, 0.25) is 0 Å². The van der Waals surface area contributed by atoms with Crippen LogP contribution in [0.5, 0.6) is 5.75 Å². The average Bonchev–Trinajstić information content (AvgIpc) is 2.74. The summed E-state index contributed by atoms with van der Waals surface area (Å²) in [6.45, 7) is 4.39. The third-order valence-corrected chi connectivity index (χ3v) is 5.25. The molecule has 1 aromatic carbocycles. The Bertz CT molecular complexity index is 565. The fourth-order valence-corrected chi connectivity index (χ4v) is 3.38. The van der Waals surface area contributed by atoms with E-state index < -0.39 is 6.10 Å². The normalized spacial score (nSPS) is 11.8. The summed E-state index contributed by atoms with van der Waals surface area (Å²) >= 11 is 0. The van der Waals surface area contributed by atoms with Gasteiger partial charge >= 0.3 is 5.97 Å². The smallest absolute Gasteiger partial charge is 0.347 e. The van der Waals surface area contributed by atoms with Gasteiger partial charge in [0.15, 0.2) is 11.9 Å². The van der Waals surface area contributed by atoms with E-state index in [2.05, 4.69) is 13.8 Å². The molecule has 0 aromatic heterocycles. The summed E-state index contributed by atoms with van der Waals surface area (Å²) in [4.78, 5) is 24.3. The molecule has 29 heavy (non-hydrogen) atoms. The van der Waals surface area contributed by atoms with E-state index in [-0.39, 0.29) is 11.8 Å². The molecule has 0 bridgehead atoms. The minimum absolute atomic E-state index is 0.171. The van der Waals surface area contributed by atoms with E-state index in [1.165, 1.54) is 52.1 Å². The number of methoxy groups -OCH3 is 1. The second kappa shape index (κ2) is 16.0. The predicted molar refractivity (Wildman–Crippen MR) is 119 cm³/mol. The molecule has 0 N–H and O–H groups in total. The zero-order chi connectivity index (χ0) is 21.3. The van der Waals surface area contributed by atoms with Gasteiger partial charge in [0.1, 0.15) is 5.75 Å². The molecule has 4 nitrogen and oxygen atoms in total. The van der Waals surface area contributed by atoms with Crippen LogP contribution in [-0.2, 0) is 9.53 Å². The number of Topliss-reactive ketones (excluding diaryl/α,β-unsaturated/α-hetero) is 1. The quantitative estimate of drug-likeness (QED) is 0.161. The van der Waals surface area contributed by atoms with E-state index in [1.807, 2.05) is 0 Å². The Kier molecular flexibility index (Phi) is 13.9. The Morgan fingerprint density at radius 3 is 1.93 bits per heavy atom. The highest BCUT2D eigenvalue weighted by Gasteiger charge is 2.21. The lowest BCUT2D eigenvalue weighted by molar-refractivity contribution is -0.149. The predicted octanol–water partition coefficient (Wildman–Crippen LogP) is 6.90. The monoisotopic (exact) mass is 404 g/mol. The number of unbranched alkanes of at least 4 members (excludes halogenated alkanes) is 9. The maximum Gasteiger partial charge on any atom is 0.347 e. The molecular weight excluding hydrogens is 364 g/mol. The summed E-state index contributed by atoms with van der Waals surface area (Å²) in [6.07, 6.45) is 13.3. The van der Waals surface area contributed by atoms with Gasteiger partial charge in [-0.25, -0.2) is 4.79 Å². The second-order valence-electron chi connectivity index (χ2n) is 7.80. The maximum atomic E-state index is 12.3. The first-order chi connectivity index (χ1) is 14.1. The third-order valence-electron chi connectivity index (χ3n) is 5.25. The van der Waals surface area contributed by atoms with Gasteiger partial charge in [-0.05, 0) is 43.5 Å². The van der Waals surface area contributed by atoms with Gasteiger partial charge in [-0.1, -0.05) is 71.6 Å². The Morgan fingerprint density at radius 1 is 0.793 bits per heavy atom. The van der Waals surface area contributed by atoms with Crippen LogP contribution in [0.4, 0.5) is 0 Å². The van der Waals surface area contributed by atoms with Crippen molar-refractivity contribution in [1.82, 2.24) is 0 Å². The average molecular weight is 405 g/mol. The van der Waals surface area contributed by atoms with Crippen molar-refractivity contribution in [3.63, 3.8) is 0 Å². The number of hydrogen-bond acceptors (Lipinski definition) is 4. The van der Waals surface area contributed by atoms with Gasteiger partial charge in [0.2, 0.25) is 0 Å². The third kappa shape index (κ3) is 11.1. The van der Waals surface area contributed by atoms with Crippen molar-refractivity contribution >= 4 is 11.8 Å². The molecule has 0 aliphatic rings. The summed E-state index contributed by atoms with van der Waals surface area (Å²) in [5.41, 5.74) is 0.707. The van der Waals surface area contributed by atoms with E-state index >= 15 is 0 Å². The van der Waals surface area contributed by atoms with Crippen molar-refractivity contribution < 1.29 is 19.1 Å². The largest absolute Gasteiger partial charge is 0.479 e. The van der Waals surface area contributed by atoms with Crippen molar-refractivity contribution in [1.29, 1.82) is 0 Å². The fraction of sp³-hybridized carbons (Fsp3) is 0.680. The fourth-order valence-electron chi connectivity index (χ4n) is 3.38. The van der Waals surface area contributed by atoms with Gasteiger partial charge in [0, 0.05) is 12.0 Å². The number of hydrogen-bond donors (Lipinski definition) is 0. The van der Waals surface area contributed by atoms with Crippen LogP contribution < -0.4 is 4.74 Å². The van der Waals surface area contributed by atoms with Crippen molar-refractivity contribution in [3.05, 3.63) is 29.8 Å². The molecule has 0 aliphatic heterocycles. The zero-order valence-corrected chi connectivity index (χ0v) is 18.7. The highest BCUT2D eigenvalue weighted by Crippen LogP contribution is 2.19. The van der Waals surface area contributed by atoms with E-state index in [9.17, 15) is 9.59 Å². The number of carbonyl (C=O) groups excluding carboxylic acids is 2. The van der Waals surface area contributed by atoms with Gasteiger partial charge in [0.05, 0.1) is 7.11 Å². The Morgan fingerprint density at radius 2 is 1.34 bits per heavy atom. The SMILES string of the molecule is CCCCCCCCC(Oc1ccc(C(=O)CCCCCCC)cc1)C(=O)OC. The molecule has 0 radical (unpaired) electrons. The highest BCUT2D eigenvalue weighted by molar-refractivity contribution is 5.96. The summed E-state index contributed by atoms with van der Waals surface area (Å²) in [7, 11) is 1.39. The topological polar surface area (TPSA) is 52.6 Å². The lowest BCUT2D eigenvalue weighted by Crippen LogP contribution is -2.28. The van der Waals surface area contributed by atoms with E-state index in [4.69, 9.17) is 9.47 Å². The van der Waals surface area contributed by atoms with Crippen LogP contribution in [0.25, 0.3) is 0 Å². The van der Waals surface area contributed by atoms with Crippen LogP contribution in [-0.4, -0.2) is 25.0 Å². The molecule has 1 rings (SSSR count).